The van der Waals surface area contributed by atoms with E-state index >= 15 is 0 Å². The van der Waals surface area contributed by atoms with Crippen molar-refractivity contribution >= 4 is 10.8 Å². The maximum atomic E-state index is 12.6. The average Bonchev–Trinajstić information content (AvgIpc) is 2.15. The lowest BCUT2D eigenvalue weighted by Crippen LogP contribution is -2.18. The molecule has 0 aromatic heterocycles. The molecule has 14 heavy (non-hydrogen) atoms. The van der Waals surface area contributed by atoms with E-state index in [4.69, 9.17) is 0 Å². The first-order valence-corrected chi connectivity index (χ1v) is 5.70. The molecule has 0 aliphatic carbocycles. The Kier molecular flexibility index (Phi) is 4.22. The summed E-state index contributed by atoms with van der Waals surface area (Å²) in [6, 6.07) is 5.81. The minimum atomic E-state index is -1.02. The predicted molar refractivity (Wildman–Crippen MR) is 56.2 cm³/mol. The minimum absolute atomic E-state index is 0.293. The van der Waals surface area contributed by atoms with E-state index in [0.29, 0.717) is 10.6 Å². The van der Waals surface area contributed by atoms with Crippen molar-refractivity contribution in [1.82, 2.24) is 4.90 Å². The fourth-order valence-corrected chi connectivity index (χ4v) is 2.18. The van der Waals surface area contributed by atoms with Gasteiger partial charge in [-0.3, -0.25) is 4.21 Å². The molecule has 1 unspecified atom stereocenters. The molecule has 1 aromatic rings. The zero-order chi connectivity index (χ0) is 10.6. The molecule has 0 aliphatic heterocycles. The van der Waals surface area contributed by atoms with Crippen LogP contribution in [0, 0.1) is 5.82 Å². The van der Waals surface area contributed by atoms with Gasteiger partial charge in [0.1, 0.15) is 5.82 Å². The third kappa shape index (κ3) is 3.55. The van der Waals surface area contributed by atoms with Crippen molar-refractivity contribution in [2.24, 2.45) is 0 Å². The molecule has 0 radical (unpaired) electrons. The largest absolute Gasteiger partial charge is 0.308 e. The molecule has 0 bridgehead atoms. The third-order valence-electron chi connectivity index (χ3n) is 1.80. The maximum absolute atomic E-state index is 12.6. The molecule has 78 valence electrons. The molecule has 0 heterocycles. The van der Waals surface area contributed by atoms with Crippen molar-refractivity contribution < 1.29 is 8.60 Å². The molecule has 0 saturated carbocycles. The van der Waals surface area contributed by atoms with Crippen LogP contribution in [0.4, 0.5) is 4.39 Å². The van der Waals surface area contributed by atoms with E-state index in [9.17, 15) is 8.60 Å². The molecule has 1 rings (SSSR count). The van der Waals surface area contributed by atoms with Gasteiger partial charge in [-0.15, -0.1) is 0 Å². The van der Waals surface area contributed by atoms with Gasteiger partial charge in [0.25, 0.3) is 0 Å². The summed E-state index contributed by atoms with van der Waals surface area (Å²) in [5, 5.41) is 0. The summed E-state index contributed by atoms with van der Waals surface area (Å²) in [7, 11) is 2.84. The van der Waals surface area contributed by atoms with Crippen LogP contribution in [0.3, 0.4) is 0 Å². The molecule has 0 aliphatic rings. The Labute approximate surface area is 86.2 Å². The van der Waals surface area contributed by atoms with Crippen LogP contribution in [0.25, 0.3) is 0 Å². The van der Waals surface area contributed by atoms with Crippen LogP contribution in [-0.2, 0) is 10.8 Å². The van der Waals surface area contributed by atoms with Crippen molar-refractivity contribution in [3.8, 4) is 0 Å². The minimum Gasteiger partial charge on any atom is -0.308 e. The first-order chi connectivity index (χ1) is 6.59. The molecule has 0 N–H and O–H groups in total. The highest BCUT2D eigenvalue weighted by Gasteiger charge is 2.03. The molecule has 0 saturated heterocycles. The van der Waals surface area contributed by atoms with Crippen LogP contribution >= 0.6 is 0 Å². The average molecular weight is 215 g/mol. The lowest BCUT2D eigenvalue weighted by atomic mass is 10.4. The monoisotopic (exact) mass is 215 g/mol. The van der Waals surface area contributed by atoms with Gasteiger partial charge in [0.15, 0.2) is 0 Å². The molecule has 1 atom stereocenters. The second-order valence-corrected chi connectivity index (χ2v) is 4.88. The number of hydrogen-bond acceptors (Lipinski definition) is 2. The van der Waals surface area contributed by atoms with Crippen LogP contribution in [0.1, 0.15) is 0 Å². The zero-order valence-electron chi connectivity index (χ0n) is 8.37. The van der Waals surface area contributed by atoms with Gasteiger partial charge in [-0.25, -0.2) is 4.39 Å². The Balaban J connectivity index is 2.57. The van der Waals surface area contributed by atoms with Gasteiger partial charge in [0.05, 0.1) is 10.8 Å². The number of hydrogen-bond donors (Lipinski definition) is 0. The van der Waals surface area contributed by atoms with Crippen LogP contribution in [-0.4, -0.2) is 35.5 Å². The molecular weight excluding hydrogens is 201 g/mol. The van der Waals surface area contributed by atoms with Crippen LogP contribution in [0.5, 0.6) is 0 Å². The Bertz CT molecular complexity index is 310. The zero-order valence-corrected chi connectivity index (χ0v) is 9.18. The first kappa shape index (κ1) is 11.3. The summed E-state index contributed by atoms with van der Waals surface area (Å²) in [4.78, 5) is 2.66. The first-order valence-electron chi connectivity index (χ1n) is 4.38. The maximum Gasteiger partial charge on any atom is 0.123 e. The second kappa shape index (κ2) is 5.22. The van der Waals surface area contributed by atoms with Crippen molar-refractivity contribution in [3.05, 3.63) is 30.1 Å². The Morgan fingerprint density at radius 1 is 1.29 bits per heavy atom. The highest BCUT2D eigenvalue weighted by atomic mass is 32.2. The number of rotatable bonds is 4. The SMILES string of the molecule is CN(C)CCS(=O)c1ccc(F)cc1. The van der Waals surface area contributed by atoms with Gasteiger partial charge in [-0.1, -0.05) is 0 Å². The normalized spacial score (nSPS) is 13.1. The third-order valence-corrected chi connectivity index (χ3v) is 3.15. The Morgan fingerprint density at radius 3 is 2.36 bits per heavy atom. The number of halogens is 1. The van der Waals surface area contributed by atoms with E-state index in [1.165, 1.54) is 12.1 Å². The molecular formula is C10H14FNOS. The molecule has 1 aromatic carbocycles. The van der Waals surface area contributed by atoms with Gasteiger partial charge in [0, 0.05) is 17.2 Å². The Morgan fingerprint density at radius 2 is 1.86 bits per heavy atom. The summed E-state index contributed by atoms with van der Waals surface area (Å²) in [5.74, 6) is 0.289. The van der Waals surface area contributed by atoms with E-state index in [1.807, 2.05) is 19.0 Å². The van der Waals surface area contributed by atoms with Gasteiger partial charge >= 0.3 is 0 Å². The Hall–Kier alpha value is -0.740. The van der Waals surface area contributed by atoms with Crippen LogP contribution in [0.15, 0.2) is 29.2 Å². The summed E-state index contributed by atoms with van der Waals surface area (Å²) < 4.78 is 24.2. The van der Waals surface area contributed by atoms with E-state index in [-0.39, 0.29) is 5.82 Å². The second-order valence-electron chi connectivity index (χ2n) is 3.31. The smallest absolute Gasteiger partial charge is 0.123 e. The van der Waals surface area contributed by atoms with Crippen molar-refractivity contribution in [2.45, 2.75) is 4.90 Å². The van der Waals surface area contributed by atoms with E-state index in [2.05, 4.69) is 0 Å². The van der Waals surface area contributed by atoms with Crippen LogP contribution < -0.4 is 0 Å². The highest BCUT2D eigenvalue weighted by molar-refractivity contribution is 7.85. The summed E-state index contributed by atoms with van der Waals surface area (Å²) in [5.41, 5.74) is 0. The van der Waals surface area contributed by atoms with E-state index in [1.54, 1.807) is 12.1 Å². The molecule has 2 nitrogen and oxygen atoms in total. The molecule has 4 heteroatoms. The van der Waals surface area contributed by atoms with Gasteiger partial charge < -0.3 is 4.90 Å². The van der Waals surface area contributed by atoms with Crippen molar-refractivity contribution in [2.75, 3.05) is 26.4 Å². The fourth-order valence-electron chi connectivity index (χ4n) is 0.970. The van der Waals surface area contributed by atoms with E-state index < -0.39 is 10.8 Å². The van der Waals surface area contributed by atoms with Gasteiger partial charge in [-0.2, -0.15) is 0 Å². The van der Waals surface area contributed by atoms with E-state index in [0.717, 1.165) is 6.54 Å². The molecule has 0 spiro atoms. The topological polar surface area (TPSA) is 20.3 Å². The number of benzene rings is 1. The van der Waals surface area contributed by atoms with Crippen molar-refractivity contribution in [1.29, 1.82) is 0 Å². The summed E-state index contributed by atoms with van der Waals surface area (Å²) in [6.07, 6.45) is 0. The molecule has 0 fully saturated rings. The highest BCUT2D eigenvalue weighted by Crippen LogP contribution is 2.07. The van der Waals surface area contributed by atoms with Crippen molar-refractivity contribution in [3.63, 3.8) is 0 Å². The quantitative estimate of drug-likeness (QED) is 0.758. The van der Waals surface area contributed by atoms with Gasteiger partial charge in [0.2, 0.25) is 0 Å². The lowest BCUT2D eigenvalue weighted by Gasteiger charge is -2.08. The summed E-state index contributed by atoms with van der Waals surface area (Å²) in [6.45, 7) is 0.768. The fraction of sp³-hybridized carbons (Fsp3) is 0.400. The van der Waals surface area contributed by atoms with Crippen LogP contribution in [0.2, 0.25) is 0 Å². The summed E-state index contributed by atoms with van der Waals surface area (Å²) >= 11 is 0. The predicted octanol–water partition coefficient (Wildman–Crippen LogP) is 1.49. The lowest BCUT2D eigenvalue weighted by molar-refractivity contribution is 0.435. The number of nitrogens with zero attached hydrogens (tertiary/aromatic N) is 1. The molecule has 0 amide bonds. The standard InChI is InChI=1S/C10H14FNOS/c1-12(2)7-8-14(13)10-5-3-9(11)4-6-10/h3-6H,7-8H2,1-2H3. The van der Waals surface area contributed by atoms with Gasteiger partial charge in [-0.05, 0) is 38.4 Å².